The van der Waals surface area contributed by atoms with E-state index >= 15 is 0 Å². The molecule has 114 valence electrons. The number of alkyl halides is 2. The largest absolute Gasteiger partial charge is 0.316 e. The number of nitrogens with one attached hydrogen (secondary N) is 1. The maximum Gasteiger partial charge on any atom is 0.248 e. The SMILES string of the molecule is CNC(Cc1c(C)nn(C)c1Cl)C1CCC(F)(F)CC1. The minimum absolute atomic E-state index is 0.00436. The molecule has 0 amide bonds. The van der Waals surface area contributed by atoms with Crippen LogP contribution in [-0.2, 0) is 13.5 Å². The molecule has 1 aromatic heterocycles. The Kier molecular flexibility index (Phi) is 4.69. The third-order valence-electron chi connectivity index (χ3n) is 4.40. The Morgan fingerprint density at radius 1 is 1.45 bits per heavy atom. The molecule has 0 saturated heterocycles. The Hall–Kier alpha value is -0.680. The van der Waals surface area contributed by atoms with Gasteiger partial charge < -0.3 is 5.32 Å². The van der Waals surface area contributed by atoms with Crippen molar-refractivity contribution in [3.05, 3.63) is 16.4 Å². The van der Waals surface area contributed by atoms with Gasteiger partial charge in [-0.15, -0.1) is 0 Å². The summed E-state index contributed by atoms with van der Waals surface area (Å²) >= 11 is 6.25. The zero-order chi connectivity index (χ0) is 14.9. The summed E-state index contributed by atoms with van der Waals surface area (Å²) in [4.78, 5) is 0. The number of hydrogen-bond donors (Lipinski definition) is 1. The molecule has 1 aliphatic carbocycles. The van der Waals surface area contributed by atoms with Crippen molar-refractivity contribution in [1.82, 2.24) is 15.1 Å². The van der Waals surface area contributed by atoms with E-state index in [1.807, 2.05) is 21.0 Å². The molecular weight excluding hydrogens is 284 g/mol. The highest BCUT2D eigenvalue weighted by Gasteiger charge is 2.37. The Bertz CT molecular complexity index is 463. The first-order valence-corrected chi connectivity index (χ1v) is 7.45. The van der Waals surface area contributed by atoms with Crippen LogP contribution in [0.15, 0.2) is 0 Å². The standard InChI is InChI=1S/C14H22ClF2N3/c1-9-11(13(15)20(3)19-9)8-12(18-2)10-4-6-14(16,17)7-5-10/h10,12,18H,4-8H2,1-3H3. The third-order valence-corrected chi connectivity index (χ3v) is 4.87. The van der Waals surface area contributed by atoms with E-state index in [0.717, 1.165) is 17.7 Å². The van der Waals surface area contributed by atoms with E-state index in [-0.39, 0.29) is 24.8 Å². The van der Waals surface area contributed by atoms with Gasteiger partial charge in [0.15, 0.2) is 0 Å². The first kappa shape index (κ1) is 15.7. The van der Waals surface area contributed by atoms with Crippen LogP contribution in [0.5, 0.6) is 0 Å². The minimum Gasteiger partial charge on any atom is -0.316 e. The van der Waals surface area contributed by atoms with E-state index in [0.29, 0.717) is 18.0 Å². The molecule has 0 bridgehead atoms. The van der Waals surface area contributed by atoms with Crippen LogP contribution >= 0.6 is 11.6 Å². The number of likely N-dealkylation sites (N-methyl/N-ethyl adjacent to an activating group) is 1. The molecule has 2 rings (SSSR count). The van der Waals surface area contributed by atoms with Crippen LogP contribution in [0.25, 0.3) is 0 Å². The van der Waals surface area contributed by atoms with Crippen LogP contribution in [0.1, 0.15) is 36.9 Å². The van der Waals surface area contributed by atoms with E-state index < -0.39 is 5.92 Å². The molecule has 0 spiro atoms. The second-order valence-corrected chi connectivity index (χ2v) is 6.13. The fourth-order valence-electron chi connectivity index (χ4n) is 3.09. The molecule has 1 atom stereocenters. The Morgan fingerprint density at radius 3 is 2.50 bits per heavy atom. The average molecular weight is 306 g/mol. The molecule has 1 fully saturated rings. The highest BCUT2D eigenvalue weighted by Crippen LogP contribution is 2.38. The summed E-state index contributed by atoms with van der Waals surface area (Å²) < 4.78 is 28.2. The van der Waals surface area contributed by atoms with Crippen molar-refractivity contribution >= 4 is 11.6 Å². The van der Waals surface area contributed by atoms with Gasteiger partial charge in [-0.2, -0.15) is 5.10 Å². The second kappa shape index (κ2) is 5.98. The van der Waals surface area contributed by atoms with E-state index in [2.05, 4.69) is 10.4 Å². The molecular formula is C14H22ClF2N3. The molecule has 1 unspecified atom stereocenters. The van der Waals surface area contributed by atoms with Crippen LogP contribution in [0.2, 0.25) is 5.15 Å². The lowest BCUT2D eigenvalue weighted by Crippen LogP contribution is -2.39. The number of nitrogens with zero attached hydrogens (tertiary/aromatic N) is 2. The van der Waals surface area contributed by atoms with Crippen molar-refractivity contribution in [3.8, 4) is 0 Å². The van der Waals surface area contributed by atoms with Crippen LogP contribution in [-0.4, -0.2) is 28.8 Å². The van der Waals surface area contributed by atoms with Crippen molar-refractivity contribution in [1.29, 1.82) is 0 Å². The highest BCUT2D eigenvalue weighted by molar-refractivity contribution is 6.30. The van der Waals surface area contributed by atoms with Crippen molar-refractivity contribution in [2.75, 3.05) is 7.05 Å². The smallest absolute Gasteiger partial charge is 0.248 e. The Morgan fingerprint density at radius 2 is 2.05 bits per heavy atom. The predicted octanol–water partition coefficient (Wildman–Crippen LogP) is 3.34. The van der Waals surface area contributed by atoms with E-state index in [1.54, 1.807) is 4.68 Å². The monoisotopic (exact) mass is 305 g/mol. The van der Waals surface area contributed by atoms with Crippen molar-refractivity contribution in [2.24, 2.45) is 13.0 Å². The fourth-order valence-corrected chi connectivity index (χ4v) is 3.35. The van der Waals surface area contributed by atoms with Crippen LogP contribution in [0, 0.1) is 12.8 Å². The van der Waals surface area contributed by atoms with Gasteiger partial charge in [0, 0.05) is 31.5 Å². The van der Waals surface area contributed by atoms with E-state index in [4.69, 9.17) is 11.6 Å². The second-order valence-electron chi connectivity index (χ2n) is 5.77. The summed E-state index contributed by atoms with van der Waals surface area (Å²) in [6.45, 7) is 1.93. The number of aromatic nitrogens is 2. The zero-order valence-electron chi connectivity index (χ0n) is 12.2. The number of hydrogen-bond acceptors (Lipinski definition) is 2. The van der Waals surface area contributed by atoms with E-state index in [1.165, 1.54) is 0 Å². The average Bonchev–Trinajstić information content (AvgIpc) is 2.62. The molecule has 0 radical (unpaired) electrons. The highest BCUT2D eigenvalue weighted by atomic mass is 35.5. The zero-order valence-corrected chi connectivity index (χ0v) is 13.0. The number of aryl methyl sites for hydroxylation is 2. The van der Waals surface area contributed by atoms with E-state index in [9.17, 15) is 8.78 Å². The molecule has 1 heterocycles. The molecule has 1 saturated carbocycles. The van der Waals surface area contributed by atoms with Gasteiger partial charge in [-0.05, 0) is 39.2 Å². The lowest BCUT2D eigenvalue weighted by molar-refractivity contribution is -0.0492. The van der Waals surface area contributed by atoms with Crippen molar-refractivity contribution in [2.45, 2.75) is 51.0 Å². The van der Waals surface area contributed by atoms with Gasteiger partial charge in [-0.25, -0.2) is 8.78 Å². The van der Waals surface area contributed by atoms with Crippen LogP contribution in [0.4, 0.5) is 8.78 Å². The molecule has 20 heavy (non-hydrogen) atoms. The summed E-state index contributed by atoms with van der Waals surface area (Å²) in [6, 6.07) is 0.173. The number of rotatable bonds is 4. The molecule has 3 nitrogen and oxygen atoms in total. The van der Waals surface area contributed by atoms with Gasteiger partial charge in [0.05, 0.1) is 5.69 Å². The molecule has 1 aliphatic rings. The lowest BCUT2D eigenvalue weighted by atomic mass is 9.80. The summed E-state index contributed by atoms with van der Waals surface area (Å²) in [5.74, 6) is -2.20. The van der Waals surface area contributed by atoms with Gasteiger partial charge in [-0.1, -0.05) is 11.6 Å². The van der Waals surface area contributed by atoms with Gasteiger partial charge in [-0.3, -0.25) is 4.68 Å². The maximum atomic E-state index is 13.2. The first-order valence-electron chi connectivity index (χ1n) is 7.07. The molecule has 1 aromatic rings. The predicted molar refractivity (Wildman–Crippen MR) is 76.4 cm³/mol. The van der Waals surface area contributed by atoms with Crippen molar-refractivity contribution in [3.63, 3.8) is 0 Å². The van der Waals surface area contributed by atoms with Gasteiger partial charge in [0.2, 0.25) is 5.92 Å². The first-order chi connectivity index (χ1) is 9.34. The summed E-state index contributed by atoms with van der Waals surface area (Å²) in [5.41, 5.74) is 1.93. The van der Waals surface area contributed by atoms with Gasteiger partial charge >= 0.3 is 0 Å². The third kappa shape index (κ3) is 3.31. The molecule has 1 N–H and O–H groups in total. The Balaban J connectivity index is 2.06. The summed E-state index contributed by atoms with van der Waals surface area (Å²) in [6.07, 6.45) is 1.86. The minimum atomic E-state index is -2.48. The molecule has 0 aromatic carbocycles. The Labute approximate surface area is 123 Å². The fraction of sp³-hybridized carbons (Fsp3) is 0.786. The van der Waals surface area contributed by atoms with Gasteiger partial charge in [0.1, 0.15) is 5.15 Å². The van der Waals surface area contributed by atoms with Crippen molar-refractivity contribution < 1.29 is 8.78 Å². The lowest BCUT2D eigenvalue weighted by Gasteiger charge is -2.33. The van der Waals surface area contributed by atoms with Crippen LogP contribution < -0.4 is 5.32 Å². The maximum absolute atomic E-state index is 13.2. The van der Waals surface area contributed by atoms with Gasteiger partial charge in [0.25, 0.3) is 0 Å². The summed E-state index contributed by atoms with van der Waals surface area (Å²) in [7, 11) is 3.70. The number of halogens is 3. The van der Waals surface area contributed by atoms with Crippen LogP contribution in [0.3, 0.4) is 0 Å². The quantitative estimate of drug-likeness (QED) is 0.924. The summed E-state index contributed by atoms with van der Waals surface area (Å²) in [5, 5.41) is 8.22. The topological polar surface area (TPSA) is 29.9 Å². The molecule has 0 aliphatic heterocycles. The molecule has 6 heteroatoms. The normalized spacial score (nSPS) is 21.1.